The van der Waals surface area contributed by atoms with E-state index >= 15 is 0 Å². The number of piperazine rings is 1. The fourth-order valence-electron chi connectivity index (χ4n) is 3.61. The molecule has 0 unspecified atom stereocenters. The van der Waals surface area contributed by atoms with Crippen LogP contribution in [0.2, 0.25) is 0 Å². The van der Waals surface area contributed by atoms with Crippen molar-refractivity contribution in [3.05, 3.63) is 17.5 Å². The van der Waals surface area contributed by atoms with Gasteiger partial charge in [0.05, 0.1) is 11.3 Å². The lowest BCUT2D eigenvalue weighted by atomic mass is 9.94. The Bertz CT molecular complexity index is 596. The SMILES string of the molecule is CN=C(NCC1(OC)CCOCC1)N1CCN(Cc2cc(C)on2)CC1.I. The highest BCUT2D eigenvalue weighted by Crippen LogP contribution is 2.23. The molecule has 154 valence electrons. The van der Waals surface area contributed by atoms with Crippen LogP contribution in [0.25, 0.3) is 0 Å². The number of aryl methyl sites for hydroxylation is 1. The number of hydrogen-bond acceptors (Lipinski definition) is 6. The molecule has 0 amide bonds. The van der Waals surface area contributed by atoms with Gasteiger partial charge in [0.2, 0.25) is 0 Å². The molecule has 0 atom stereocenters. The van der Waals surface area contributed by atoms with Crippen LogP contribution in [0.1, 0.15) is 24.3 Å². The van der Waals surface area contributed by atoms with Gasteiger partial charge in [0.25, 0.3) is 0 Å². The third-order valence-corrected chi connectivity index (χ3v) is 5.35. The maximum absolute atomic E-state index is 5.81. The van der Waals surface area contributed by atoms with Crippen molar-refractivity contribution in [3.63, 3.8) is 0 Å². The lowest BCUT2D eigenvalue weighted by molar-refractivity contribution is -0.0858. The van der Waals surface area contributed by atoms with Crippen LogP contribution >= 0.6 is 24.0 Å². The first-order valence-corrected chi connectivity index (χ1v) is 9.37. The second kappa shape index (κ2) is 10.6. The molecule has 0 saturated carbocycles. The highest BCUT2D eigenvalue weighted by atomic mass is 127. The van der Waals surface area contributed by atoms with Crippen molar-refractivity contribution >= 4 is 29.9 Å². The normalized spacial score (nSPS) is 21.0. The van der Waals surface area contributed by atoms with E-state index in [4.69, 9.17) is 14.0 Å². The van der Waals surface area contributed by atoms with Gasteiger partial charge in [0.1, 0.15) is 5.76 Å². The zero-order valence-corrected chi connectivity index (χ0v) is 18.9. The third-order valence-electron chi connectivity index (χ3n) is 5.35. The molecule has 1 aromatic rings. The van der Waals surface area contributed by atoms with Gasteiger partial charge in [-0.2, -0.15) is 0 Å². The minimum absolute atomic E-state index is 0. The Morgan fingerprint density at radius 3 is 2.56 bits per heavy atom. The van der Waals surface area contributed by atoms with Crippen LogP contribution in [-0.2, 0) is 16.0 Å². The number of nitrogens with one attached hydrogen (secondary N) is 1. The largest absolute Gasteiger partial charge is 0.381 e. The van der Waals surface area contributed by atoms with Crippen molar-refractivity contribution in [2.24, 2.45) is 4.99 Å². The summed E-state index contributed by atoms with van der Waals surface area (Å²) in [7, 11) is 3.64. The molecule has 3 rings (SSSR count). The Hall–Kier alpha value is -0.910. The van der Waals surface area contributed by atoms with Crippen LogP contribution in [0.4, 0.5) is 0 Å². The number of halogens is 1. The summed E-state index contributed by atoms with van der Waals surface area (Å²) in [4.78, 5) is 9.18. The number of hydrogen-bond donors (Lipinski definition) is 1. The van der Waals surface area contributed by atoms with Gasteiger partial charge in [0.15, 0.2) is 5.96 Å². The average Bonchev–Trinajstić information content (AvgIpc) is 3.09. The molecular weight excluding hydrogens is 461 g/mol. The summed E-state index contributed by atoms with van der Waals surface area (Å²) in [6, 6.07) is 2.00. The standard InChI is InChI=1S/C18H31N5O3.HI/c1-15-12-16(21-26-15)13-22-6-8-23(9-7-22)17(19-2)20-14-18(24-3)4-10-25-11-5-18;/h12H,4-11,13-14H2,1-3H3,(H,19,20);1H. The van der Waals surface area contributed by atoms with Gasteiger partial charge in [-0.1, -0.05) is 5.16 Å². The summed E-state index contributed by atoms with van der Waals surface area (Å²) < 4.78 is 16.4. The van der Waals surface area contributed by atoms with Crippen molar-refractivity contribution in [1.82, 2.24) is 20.3 Å². The summed E-state index contributed by atoms with van der Waals surface area (Å²) in [5, 5.41) is 7.61. The molecule has 1 N–H and O–H groups in total. The maximum Gasteiger partial charge on any atom is 0.193 e. The van der Waals surface area contributed by atoms with Crippen LogP contribution in [-0.4, -0.2) is 86.6 Å². The predicted octanol–water partition coefficient (Wildman–Crippen LogP) is 1.49. The van der Waals surface area contributed by atoms with Gasteiger partial charge in [-0.05, 0) is 6.92 Å². The van der Waals surface area contributed by atoms with E-state index in [0.717, 1.165) is 82.7 Å². The number of nitrogens with zero attached hydrogens (tertiary/aromatic N) is 4. The highest BCUT2D eigenvalue weighted by Gasteiger charge is 2.33. The van der Waals surface area contributed by atoms with Gasteiger partial charge in [0, 0.05) is 85.5 Å². The molecule has 2 aliphatic rings. The summed E-state index contributed by atoms with van der Waals surface area (Å²) >= 11 is 0. The molecule has 2 fully saturated rings. The minimum Gasteiger partial charge on any atom is -0.381 e. The van der Waals surface area contributed by atoms with Crippen molar-refractivity contribution in [1.29, 1.82) is 0 Å². The van der Waals surface area contributed by atoms with Crippen LogP contribution in [0.5, 0.6) is 0 Å². The molecule has 0 aromatic carbocycles. The molecule has 9 heteroatoms. The second-order valence-corrected chi connectivity index (χ2v) is 7.09. The Morgan fingerprint density at radius 2 is 2.00 bits per heavy atom. The smallest absolute Gasteiger partial charge is 0.193 e. The van der Waals surface area contributed by atoms with Gasteiger partial charge < -0.3 is 24.2 Å². The van der Waals surface area contributed by atoms with Gasteiger partial charge in [-0.15, -0.1) is 24.0 Å². The molecule has 3 heterocycles. The topological polar surface area (TPSA) is 75.4 Å². The van der Waals surface area contributed by atoms with E-state index in [-0.39, 0.29) is 29.6 Å². The van der Waals surface area contributed by atoms with Crippen LogP contribution in [0, 0.1) is 6.92 Å². The number of ether oxygens (including phenoxy) is 2. The summed E-state index contributed by atoms with van der Waals surface area (Å²) in [6.45, 7) is 8.89. The number of aliphatic imine (C=N–C) groups is 1. The zero-order chi connectivity index (χ0) is 18.4. The molecule has 0 spiro atoms. The fraction of sp³-hybridized carbons (Fsp3) is 0.778. The number of methoxy groups -OCH3 is 1. The van der Waals surface area contributed by atoms with E-state index in [9.17, 15) is 0 Å². The van der Waals surface area contributed by atoms with Crippen LogP contribution in [0.3, 0.4) is 0 Å². The van der Waals surface area contributed by atoms with Crippen molar-refractivity contribution in [3.8, 4) is 0 Å². The maximum atomic E-state index is 5.81. The van der Waals surface area contributed by atoms with Crippen molar-refractivity contribution < 1.29 is 14.0 Å². The first-order chi connectivity index (χ1) is 12.6. The predicted molar refractivity (Wildman–Crippen MR) is 115 cm³/mol. The zero-order valence-electron chi connectivity index (χ0n) is 16.6. The highest BCUT2D eigenvalue weighted by molar-refractivity contribution is 14.0. The molecule has 2 aliphatic heterocycles. The molecule has 0 aliphatic carbocycles. The molecule has 2 saturated heterocycles. The Labute approximate surface area is 178 Å². The molecule has 0 bridgehead atoms. The molecule has 0 radical (unpaired) electrons. The van der Waals surface area contributed by atoms with Crippen molar-refractivity contribution in [2.75, 3.05) is 60.1 Å². The van der Waals surface area contributed by atoms with Gasteiger partial charge >= 0.3 is 0 Å². The lowest BCUT2D eigenvalue weighted by Crippen LogP contribution is -2.55. The first-order valence-electron chi connectivity index (χ1n) is 9.37. The summed E-state index contributed by atoms with van der Waals surface area (Å²) in [5.41, 5.74) is 0.848. The Kier molecular flexibility index (Phi) is 8.77. The summed E-state index contributed by atoms with van der Waals surface area (Å²) in [6.07, 6.45) is 1.83. The third kappa shape index (κ3) is 6.03. The number of guanidine groups is 1. The number of rotatable bonds is 5. The van der Waals surface area contributed by atoms with Crippen molar-refractivity contribution in [2.45, 2.75) is 31.9 Å². The van der Waals surface area contributed by atoms with E-state index in [0.29, 0.717) is 0 Å². The minimum atomic E-state index is -0.152. The molecular formula is C18H32IN5O3. The molecule has 1 aromatic heterocycles. The average molecular weight is 493 g/mol. The molecule has 8 nitrogen and oxygen atoms in total. The quantitative estimate of drug-likeness (QED) is 0.379. The molecule has 27 heavy (non-hydrogen) atoms. The van der Waals surface area contributed by atoms with Gasteiger partial charge in [-0.25, -0.2) is 0 Å². The van der Waals surface area contributed by atoms with Crippen LogP contribution in [0.15, 0.2) is 15.6 Å². The Morgan fingerprint density at radius 1 is 1.30 bits per heavy atom. The number of aromatic nitrogens is 1. The fourth-order valence-corrected chi connectivity index (χ4v) is 3.61. The second-order valence-electron chi connectivity index (χ2n) is 7.09. The van der Waals surface area contributed by atoms with E-state index in [1.807, 2.05) is 20.0 Å². The first kappa shape index (κ1) is 22.4. The monoisotopic (exact) mass is 493 g/mol. The Balaban J connectivity index is 0.00000261. The summed E-state index contributed by atoms with van der Waals surface area (Å²) in [5.74, 6) is 1.81. The van der Waals surface area contributed by atoms with E-state index in [1.165, 1.54) is 0 Å². The van der Waals surface area contributed by atoms with E-state index < -0.39 is 0 Å². The van der Waals surface area contributed by atoms with E-state index in [2.05, 4.69) is 25.3 Å². The van der Waals surface area contributed by atoms with Crippen LogP contribution < -0.4 is 5.32 Å². The van der Waals surface area contributed by atoms with Gasteiger partial charge in [-0.3, -0.25) is 9.89 Å². The lowest BCUT2D eigenvalue weighted by Gasteiger charge is -2.39. The van der Waals surface area contributed by atoms with E-state index in [1.54, 1.807) is 7.11 Å².